The van der Waals surface area contributed by atoms with E-state index in [0.29, 0.717) is 12.1 Å². The zero-order chi connectivity index (χ0) is 17.4. The minimum Gasteiger partial charge on any atom is -0.345 e. The van der Waals surface area contributed by atoms with Gasteiger partial charge in [0.05, 0.1) is 16.4 Å². The van der Waals surface area contributed by atoms with Crippen LogP contribution in [0.2, 0.25) is 0 Å². The summed E-state index contributed by atoms with van der Waals surface area (Å²) in [5, 5.41) is 0.919. The van der Waals surface area contributed by atoms with Gasteiger partial charge in [0, 0.05) is 44.0 Å². The lowest BCUT2D eigenvalue weighted by atomic mass is 10.1. The minimum atomic E-state index is -0.259. The summed E-state index contributed by atoms with van der Waals surface area (Å²) in [6.45, 7) is 5.17. The Hall–Kier alpha value is -2.12. The number of benzene rings is 1. The number of hydrogen-bond donors (Lipinski definition) is 0. The molecule has 3 aromatic rings. The van der Waals surface area contributed by atoms with Gasteiger partial charge in [0.25, 0.3) is 0 Å². The van der Waals surface area contributed by atoms with Crippen LogP contribution in [0.4, 0.5) is 13.9 Å². The molecule has 3 heterocycles. The van der Waals surface area contributed by atoms with E-state index in [0.717, 1.165) is 35.0 Å². The van der Waals surface area contributed by atoms with E-state index in [2.05, 4.69) is 26.7 Å². The van der Waals surface area contributed by atoms with Crippen molar-refractivity contribution >= 4 is 26.7 Å². The van der Waals surface area contributed by atoms with Gasteiger partial charge in [-0.05, 0) is 31.2 Å². The van der Waals surface area contributed by atoms with E-state index in [-0.39, 0.29) is 17.7 Å². The Morgan fingerprint density at radius 3 is 2.92 bits per heavy atom. The molecule has 0 spiro atoms. The molecule has 1 aliphatic rings. The van der Waals surface area contributed by atoms with E-state index in [1.807, 2.05) is 0 Å². The van der Waals surface area contributed by atoms with Gasteiger partial charge in [-0.1, -0.05) is 11.3 Å². The number of rotatable bonds is 3. The van der Waals surface area contributed by atoms with Crippen molar-refractivity contribution in [1.82, 2.24) is 14.9 Å². The second-order valence-corrected chi connectivity index (χ2v) is 7.35. The van der Waals surface area contributed by atoms with Gasteiger partial charge in [0.1, 0.15) is 11.6 Å². The van der Waals surface area contributed by atoms with Crippen LogP contribution >= 0.6 is 11.3 Å². The van der Waals surface area contributed by atoms with Gasteiger partial charge >= 0.3 is 0 Å². The van der Waals surface area contributed by atoms with Gasteiger partial charge in [0.15, 0.2) is 5.13 Å². The van der Waals surface area contributed by atoms with Crippen molar-refractivity contribution in [3.63, 3.8) is 0 Å². The molecule has 1 fully saturated rings. The number of hydrogen-bond acceptors (Lipinski definition) is 5. The summed E-state index contributed by atoms with van der Waals surface area (Å²) in [4.78, 5) is 12.9. The van der Waals surface area contributed by atoms with Crippen LogP contribution in [0.3, 0.4) is 0 Å². The maximum atomic E-state index is 13.8. The molecule has 1 aliphatic heterocycles. The van der Waals surface area contributed by atoms with Gasteiger partial charge in [-0.3, -0.25) is 9.88 Å². The number of aromatic nitrogens is 2. The van der Waals surface area contributed by atoms with Crippen LogP contribution < -0.4 is 4.90 Å². The van der Waals surface area contributed by atoms with Crippen molar-refractivity contribution in [2.24, 2.45) is 0 Å². The molecule has 1 aromatic carbocycles. The summed E-state index contributed by atoms with van der Waals surface area (Å²) < 4.78 is 28.1. The van der Waals surface area contributed by atoms with Crippen LogP contribution in [0.25, 0.3) is 10.2 Å². The third kappa shape index (κ3) is 3.34. The number of thiazole rings is 1. The first kappa shape index (κ1) is 16.4. The molecule has 0 aliphatic carbocycles. The van der Waals surface area contributed by atoms with Gasteiger partial charge in [-0.25, -0.2) is 13.8 Å². The van der Waals surface area contributed by atoms with Crippen molar-refractivity contribution in [3.8, 4) is 0 Å². The smallest absolute Gasteiger partial charge is 0.186 e. The highest BCUT2D eigenvalue weighted by Crippen LogP contribution is 2.30. The molecule has 7 heteroatoms. The van der Waals surface area contributed by atoms with Crippen molar-refractivity contribution in [2.45, 2.75) is 19.5 Å². The third-order valence-electron chi connectivity index (χ3n) is 4.60. The number of piperazine rings is 1. The molecule has 0 radical (unpaired) electrons. The molecule has 0 bridgehead atoms. The highest BCUT2D eigenvalue weighted by molar-refractivity contribution is 7.22. The monoisotopic (exact) mass is 360 g/mol. The number of pyridine rings is 1. The zero-order valence-corrected chi connectivity index (χ0v) is 14.6. The summed E-state index contributed by atoms with van der Waals surface area (Å²) in [5.41, 5.74) is 1.50. The lowest BCUT2D eigenvalue weighted by molar-refractivity contribution is 0.179. The number of halogens is 2. The van der Waals surface area contributed by atoms with Gasteiger partial charge in [-0.15, -0.1) is 0 Å². The maximum absolute atomic E-state index is 13.8. The zero-order valence-electron chi connectivity index (χ0n) is 13.8. The Morgan fingerprint density at radius 1 is 1.24 bits per heavy atom. The Balaban J connectivity index is 1.48. The van der Waals surface area contributed by atoms with E-state index >= 15 is 0 Å². The predicted octanol–water partition coefficient (Wildman–Crippen LogP) is 3.68. The van der Waals surface area contributed by atoms with Gasteiger partial charge < -0.3 is 4.90 Å². The summed E-state index contributed by atoms with van der Waals surface area (Å²) in [6.07, 6.45) is 2.89. The molecular weight excluding hydrogens is 342 g/mol. The van der Waals surface area contributed by atoms with E-state index in [4.69, 9.17) is 0 Å². The van der Waals surface area contributed by atoms with Crippen molar-refractivity contribution in [2.75, 3.05) is 24.5 Å². The Kier molecular flexibility index (Phi) is 4.35. The van der Waals surface area contributed by atoms with Crippen LogP contribution in [0.15, 0.2) is 36.7 Å². The third-order valence-corrected chi connectivity index (χ3v) is 5.68. The van der Waals surface area contributed by atoms with E-state index in [1.165, 1.54) is 29.7 Å². The fraction of sp³-hybridized carbons (Fsp3) is 0.333. The molecule has 2 aromatic heterocycles. The van der Waals surface area contributed by atoms with Crippen LogP contribution in [-0.4, -0.2) is 40.5 Å². The molecule has 130 valence electrons. The van der Waals surface area contributed by atoms with E-state index in [9.17, 15) is 8.78 Å². The number of nitrogens with zero attached hydrogens (tertiary/aromatic N) is 4. The highest BCUT2D eigenvalue weighted by Gasteiger charge is 2.26. The topological polar surface area (TPSA) is 32.3 Å². The van der Waals surface area contributed by atoms with Gasteiger partial charge in [0.2, 0.25) is 0 Å². The highest BCUT2D eigenvalue weighted by atomic mass is 32.1. The van der Waals surface area contributed by atoms with Crippen molar-refractivity contribution in [1.29, 1.82) is 0 Å². The Bertz CT molecular complexity index is 898. The van der Waals surface area contributed by atoms with Crippen molar-refractivity contribution < 1.29 is 8.78 Å². The summed E-state index contributed by atoms with van der Waals surface area (Å²) in [5.74, 6) is -0.495. The molecule has 1 unspecified atom stereocenters. The van der Waals surface area contributed by atoms with Crippen LogP contribution in [0, 0.1) is 11.6 Å². The second kappa shape index (κ2) is 6.65. The molecule has 25 heavy (non-hydrogen) atoms. The first-order valence-electron chi connectivity index (χ1n) is 8.23. The first-order chi connectivity index (χ1) is 12.1. The summed E-state index contributed by atoms with van der Waals surface area (Å²) in [7, 11) is 0. The molecule has 0 amide bonds. The van der Waals surface area contributed by atoms with Gasteiger partial charge in [-0.2, -0.15) is 0 Å². The molecular formula is C18H18F2N4S. The molecule has 0 N–H and O–H groups in total. The molecule has 4 nitrogen and oxygen atoms in total. The lowest BCUT2D eigenvalue weighted by Gasteiger charge is -2.39. The van der Waals surface area contributed by atoms with E-state index < -0.39 is 0 Å². The fourth-order valence-electron chi connectivity index (χ4n) is 3.18. The van der Waals surface area contributed by atoms with Crippen LogP contribution in [-0.2, 0) is 6.54 Å². The quantitative estimate of drug-likeness (QED) is 0.713. The lowest BCUT2D eigenvalue weighted by Crippen LogP contribution is -2.51. The molecule has 4 rings (SSSR count). The minimum absolute atomic E-state index is 0.236. The average molecular weight is 360 g/mol. The summed E-state index contributed by atoms with van der Waals surface area (Å²) in [6, 6.07) is 6.69. The average Bonchev–Trinajstić information content (AvgIpc) is 3.01. The van der Waals surface area contributed by atoms with E-state index in [1.54, 1.807) is 18.3 Å². The Morgan fingerprint density at radius 2 is 2.12 bits per heavy atom. The summed E-state index contributed by atoms with van der Waals surface area (Å²) >= 11 is 1.52. The number of fused-ring (bicyclic) bond motifs is 1. The largest absolute Gasteiger partial charge is 0.345 e. The standard InChI is InChI=1S/C18H18F2N4S/c1-12-10-24(18-22-16-3-2-14(19)8-17(16)25-18)7-6-23(12)11-13-4-5-21-9-15(13)20/h2-5,8-9,12H,6-7,10-11H2,1H3. The normalized spacial score (nSPS) is 18.8. The van der Waals surface area contributed by atoms with Crippen LogP contribution in [0.5, 0.6) is 0 Å². The predicted molar refractivity (Wildman–Crippen MR) is 95.9 cm³/mol. The van der Waals surface area contributed by atoms with Crippen molar-refractivity contribution in [3.05, 3.63) is 53.9 Å². The SMILES string of the molecule is CC1CN(c2nc3ccc(F)cc3s2)CCN1Cc1ccncc1F. The molecule has 1 atom stereocenters. The second-order valence-electron chi connectivity index (χ2n) is 6.34. The number of anilines is 1. The molecule has 0 saturated carbocycles. The molecule has 1 saturated heterocycles. The first-order valence-corrected chi connectivity index (χ1v) is 9.05. The fourth-order valence-corrected chi connectivity index (χ4v) is 4.20. The Labute approximate surface area is 148 Å². The maximum Gasteiger partial charge on any atom is 0.186 e. The van der Waals surface area contributed by atoms with Crippen LogP contribution in [0.1, 0.15) is 12.5 Å².